The van der Waals surface area contributed by atoms with Crippen molar-refractivity contribution in [1.29, 1.82) is 0 Å². The molecule has 0 bridgehead atoms. The second kappa shape index (κ2) is 6.44. The molecule has 21 heavy (non-hydrogen) atoms. The average Bonchev–Trinajstić information content (AvgIpc) is 2.44. The largest absolute Gasteiger partial charge is 0.465 e. The lowest BCUT2D eigenvalue weighted by Crippen LogP contribution is -2.65. The lowest BCUT2D eigenvalue weighted by atomic mass is 10.2. The fourth-order valence-corrected chi connectivity index (χ4v) is 1.37. The quantitative estimate of drug-likeness (QED) is 0.570. The molecule has 1 aromatic rings. The monoisotopic (exact) mass is 306 g/mol. The summed E-state index contributed by atoms with van der Waals surface area (Å²) in [5.41, 5.74) is -3.48. The predicted molar refractivity (Wildman–Crippen MR) is 64.8 cm³/mol. The minimum absolute atomic E-state index is 0.0816. The molecule has 0 saturated heterocycles. The highest BCUT2D eigenvalue weighted by Crippen LogP contribution is 2.29. The Morgan fingerprint density at radius 1 is 1.24 bits per heavy atom. The lowest BCUT2D eigenvalue weighted by Gasteiger charge is -2.28. The summed E-state index contributed by atoms with van der Waals surface area (Å²) in [5.74, 6) is -2.04. The van der Waals surface area contributed by atoms with E-state index >= 15 is 0 Å². The summed E-state index contributed by atoms with van der Waals surface area (Å²) in [7, 11) is 0.655. The molecule has 6 nitrogen and oxygen atoms in total. The van der Waals surface area contributed by atoms with Crippen LogP contribution in [0.4, 0.5) is 18.0 Å². The molecule has 2 amide bonds. The number of rotatable bonds is 4. The number of hydrogen-bond acceptors (Lipinski definition) is 4. The van der Waals surface area contributed by atoms with E-state index in [4.69, 9.17) is 0 Å². The molecule has 1 atom stereocenters. The number of urea groups is 1. The van der Waals surface area contributed by atoms with E-state index in [0.29, 0.717) is 12.7 Å². The van der Waals surface area contributed by atoms with Crippen molar-refractivity contribution in [3.63, 3.8) is 0 Å². The van der Waals surface area contributed by atoms with Gasteiger partial charge in [0.15, 0.2) is 0 Å². The first-order chi connectivity index (χ1) is 9.70. The molecule has 1 aromatic carbocycles. The number of ether oxygens (including phenoxy) is 1. The number of methoxy groups -OCH3 is 1. The number of alkyl halides is 3. The minimum atomic E-state index is -5.43. The molecule has 1 unspecified atom stereocenters. The first kappa shape index (κ1) is 16.8. The van der Waals surface area contributed by atoms with E-state index < -0.39 is 23.9 Å². The van der Waals surface area contributed by atoms with Crippen LogP contribution in [-0.2, 0) is 16.1 Å². The number of carbonyl (C=O) groups excluding carboxylic acids is 2. The molecular weight excluding hydrogens is 293 g/mol. The highest BCUT2D eigenvalue weighted by Gasteiger charge is 2.62. The third-order valence-electron chi connectivity index (χ3n) is 2.48. The van der Waals surface area contributed by atoms with Crippen LogP contribution in [-0.4, -0.2) is 36.1 Å². The zero-order valence-corrected chi connectivity index (χ0v) is 10.9. The summed E-state index contributed by atoms with van der Waals surface area (Å²) >= 11 is 0. The van der Waals surface area contributed by atoms with Crippen LogP contribution in [0.25, 0.3) is 0 Å². The van der Waals surface area contributed by atoms with E-state index in [9.17, 15) is 27.9 Å². The molecule has 116 valence electrons. The van der Waals surface area contributed by atoms with Crippen LogP contribution < -0.4 is 10.6 Å². The van der Waals surface area contributed by atoms with Crippen LogP contribution >= 0.6 is 0 Å². The van der Waals surface area contributed by atoms with E-state index in [0.717, 1.165) is 5.32 Å². The Kier molecular flexibility index (Phi) is 5.14. The first-order valence-corrected chi connectivity index (χ1v) is 5.68. The number of hydrogen-bond donors (Lipinski definition) is 3. The van der Waals surface area contributed by atoms with Gasteiger partial charge in [-0.25, -0.2) is 9.59 Å². The smallest absolute Gasteiger partial charge is 0.448 e. The fraction of sp³-hybridized carbons (Fsp3) is 0.333. The van der Waals surface area contributed by atoms with E-state index in [2.05, 4.69) is 10.1 Å². The van der Waals surface area contributed by atoms with Crippen LogP contribution in [0.1, 0.15) is 5.56 Å². The fourth-order valence-electron chi connectivity index (χ4n) is 1.37. The van der Waals surface area contributed by atoms with Crippen molar-refractivity contribution in [3.8, 4) is 0 Å². The number of amides is 2. The van der Waals surface area contributed by atoms with Gasteiger partial charge in [-0.3, -0.25) is 5.32 Å². The van der Waals surface area contributed by atoms with E-state index in [1.165, 1.54) is 0 Å². The summed E-state index contributed by atoms with van der Waals surface area (Å²) in [6.45, 7) is -0.0816. The Bertz CT molecular complexity index is 507. The van der Waals surface area contributed by atoms with Gasteiger partial charge in [0.05, 0.1) is 7.11 Å². The highest BCUT2D eigenvalue weighted by atomic mass is 19.4. The van der Waals surface area contributed by atoms with Gasteiger partial charge in [0.1, 0.15) is 0 Å². The Morgan fingerprint density at radius 3 is 2.29 bits per heavy atom. The Balaban J connectivity index is 2.72. The minimum Gasteiger partial charge on any atom is -0.465 e. The third-order valence-corrected chi connectivity index (χ3v) is 2.48. The molecule has 0 saturated carbocycles. The van der Waals surface area contributed by atoms with Crippen molar-refractivity contribution >= 4 is 12.0 Å². The molecule has 0 aliphatic carbocycles. The Morgan fingerprint density at radius 2 is 1.81 bits per heavy atom. The van der Waals surface area contributed by atoms with Crippen molar-refractivity contribution < 1.29 is 32.6 Å². The number of carbonyl (C=O) groups is 2. The molecule has 0 radical (unpaired) electrons. The molecule has 9 heteroatoms. The van der Waals surface area contributed by atoms with Gasteiger partial charge in [0.25, 0.3) is 0 Å². The van der Waals surface area contributed by atoms with Crippen LogP contribution in [0.15, 0.2) is 30.3 Å². The zero-order valence-electron chi connectivity index (χ0n) is 10.9. The molecule has 0 spiro atoms. The number of halogens is 3. The van der Waals surface area contributed by atoms with Gasteiger partial charge in [-0.15, -0.1) is 0 Å². The van der Waals surface area contributed by atoms with Crippen LogP contribution in [0.3, 0.4) is 0 Å². The second-order valence-electron chi connectivity index (χ2n) is 3.99. The van der Waals surface area contributed by atoms with Crippen molar-refractivity contribution in [1.82, 2.24) is 10.6 Å². The standard InChI is InChI=1S/C12H13F3N2O4/c1-21-9(18)11(20,12(13,14)15)17-10(19)16-7-8-5-3-2-4-6-8/h2-6,20H,7H2,1H3,(H2,16,17,19). The van der Waals surface area contributed by atoms with Gasteiger partial charge in [0.2, 0.25) is 0 Å². The molecule has 0 aliphatic rings. The average molecular weight is 306 g/mol. The van der Waals surface area contributed by atoms with Gasteiger partial charge in [-0.2, -0.15) is 13.2 Å². The number of aliphatic hydroxyl groups is 1. The van der Waals surface area contributed by atoms with Crippen LogP contribution in [0.5, 0.6) is 0 Å². The Hall–Kier alpha value is -2.29. The van der Waals surface area contributed by atoms with Gasteiger partial charge in [0, 0.05) is 6.54 Å². The molecule has 3 N–H and O–H groups in total. The second-order valence-corrected chi connectivity index (χ2v) is 3.99. The summed E-state index contributed by atoms with van der Waals surface area (Å²) in [5, 5.41) is 12.6. The topological polar surface area (TPSA) is 87.7 Å². The lowest BCUT2D eigenvalue weighted by molar-refractivity contribution is -0.267. The van der Waals surface area contributed by atoms with E-state index in [1.807, 2.05) is 0 Å². The maximum absolute atomic E-state index is 12.7. The number of benzene rings is 1. The van der Waals surface area contributed by atoms with Crippen molar-refractivity contribution in [3.05, 3.63) is 35.9 Å². The third kappa shape index (κ3) is 4.09. The first-order valence-electron chi connectivity index (χ1n) is 5.68. The zero-order chi connectivity index (χ0) is 16.1. The number of nitrogens with one attached hydrogen (secondary N) is 2. The Labute approximate surface area is 117 Å². The highest BCUT2D eigenvalue weighted by molar-refractivity contribution is 5.86. The normalized spacial score (nSPS) is 14.0. The van der Waals surface area contributed by atoms with Crippen LogP contribution in [0, 0.1) is 0 Å². The van der Waals surface area contributed by atoms with E-state index in [1.54, 1.807) is 30.3 Å². The van der Waals surface area contributed by atoms with Gasteiger partial charge < -0.3 is 15.2 Å². The summed E-state index contributed by atoms with van der Waals surface area (Å²) < 4.78 is 41.9. The predicted octanol–water partition coefficient (Wildman–Crippen LogP) is 0.910. The summed E-state index contributed by atoms with van der Waals surface area (Å²) in [6, 6.07) is 6.98. The molecule has 0 heterocycles. The molecule has 1 rings (SSSR count). The maximum Gasteiger partial charge on any atom is 0.448 e. The molecule has 0 aliphatic heterocycles. The van der Waals surface area contributed by atoms with Gasteiger partial charge >= 0.3 is 23.9 Å². The molecular formula is C12H13F3N2O4. The van der Waals surface area contributed by atoms with Gasteiger partial charge in [-0.1, -0.05) is 30.3 Å². The molecule has 0 aromatic heterocycles. The van der Waals surface area contributed by atoms with Crippen molar-refractivity contribution in [2.45, 2.75) is 18.4 Å². The van der Waals surface area contributed by atoms with Gasteiger partial charge in [-0.05, 0) is 5.56 Å². The summed E-state index contributed by atoms with van der Waals surface area (Å²) in [4.78, 5) is 22.5. The van der Waals surface area contributed by atoms with Crippen molar-refractivity contribution in [2.24, 2.45) is 0 Å². The van der Waals surface area contributed by atoms with E-state index in [-0.39, 0.29) is 6.54 Å². The van der Waals surface area contributed by atoms with Crippen molar-refractivity contribution in [2.75, 3.05) is 7.11 Å². The SMILES string of the molecule is COC(=O)C(O)(NC(=O)NCc1ccccc1)C(F)(F)F. The number of esters is 1. The van der Waals surface area contributed by atoms with Crippen LogP contribution in [0.2, 0.25) is 0 Å². The maximum atomic E-state index is 12.7. The molecule has 0 fully saturated rings. The summed E-state index contributed by atoms with van der Waals surface area (Å²) in [6.07, 6.45) is -5.43.